The molecule has 0 radical (unpaired) electrons. The molecule has 0 spiro atoms. The van der Waals surface area contributed by atoms with Gasteiger partial charge in [-0.25, -0.2) is 0 Å². The number of carboxylic acid groups (broad SMARTS) is 1. The summed E-state index contributed by atoms with van der Waals surface area (Å²) in [5.41, 5.74) is 0.725. The minimum Gasteiger partial charge on any atom is -0.480 e. The Morgan fingerprint density at radius 2 is 1.60 bits per heavy atom. The van der Waals surface area contributed by atoms with Crippen LogP contribution in [0.15, 0.2) is 48.5 Å². The zero-order valence-electron chi connectivity index (χ0n) is 10.8. The average molecular weight is 292 g/mol. The number of rotatable bonds is 5. The normalized spacial score (nSPS) is 11.7. The molecule has 0 saturated carbocycles. The van der Waals surface area contributed by atoms with Crippen LogP contribution in [0, 0.1) is 0 Å². The van der Waals surface area contributed by atoms with Crippen LogP contribution >= 0.6 is 11.6 Å². The van der Waals surface area contributed by atoms with Crippen LogP contribution in [-0.2, 0) is 4.79 Å². The SMILES string of the molecule is CC(Nc1ccc(Oc2ccc(Cl)cc2)cc1)C(=O)O. The number of aliphatic carboxylic acids is 1. The molecule has 0 aliphatic rings. The maximum Gasteiger partial charge on any atom is 0.325 e. The molecule has 1 atom stereocenters. The van der Waals surface area contributed by atoms with Crippen LogP contribution in [0.1, 0.15) is 6.92 Å². The molecule has 104 valence electrons. The van der Waals surface area contributed by atoms with Crippen molar-refractivity contribution in [3.05, 3.63) is 53.6 Å². The summed E-state index contributed by atoms with van der Waals surface area (Å²) in [4.78, 5) is 10.7. The lowest BCUT2D eigenvalue weighted by molar-refractivity contribution is -0.137. The second-order valence-electron chi connectivity index (χ2n) is 4.28. The highest BCUT2D eigenvalue weighted by Crippen LogP contribution is 2.24. The van der Waals surface area contributed by atoms with Gasteiger partial charge in [-0.1, -0.05) is 11.6 Å². The lowest BCUT2D eigenvalue weighted by Gasteiger charge is -2.11. The van der Waals surface area contributed by atoms with Gasteiger partial charge in [-0.15, -0.1) is 0 Å². The Labute approximate surface area is 122 Å². The highest BCUT2D eigenvalue weighted by Gasteiger charge is 2.09. The van der Waals surface area contributed by atoms with Crippen molar-refractivity contribution >= 4 is 23.3 Å². The van der Waals surface area contributed by atoms with Gasteiger partial charge in [-0.3, -0.25) is 4.79 Å². The molecule has 4 nitrogen and oxygen atoms in total. The van der Waals surface area contributed by atoms with Crippen molar-refractivity contribution in [1.82, 2.24) is 0 Å². The summed E-state index contributed by atoms with van der Waals surface area (Å²) in [7, 11) is 0. The Kier molecular flexibility index (Phi) is 4.48. The summed E-state index contributed by atoms with van der Waals surface area (Å²) in [6.45, 7) is 1.58. The topological polar surface area (TPSA) is 58.6 Å². The van der Waals surface area contributed by atoms with E-state index in [0.29, 0.717) is 16.5 Å². The zero-order chi connectivity index (χ0) is 14.5. The first-order chi connectivity index (χ1) is 9.54. The van der Waals surface area contributed by atoms with E-state index in [1.807, 2.05) is 0 Å². The van der Waals surface area contributed by atoms with Crippen molar-refractivity contribution in [2.24, 2.45) is 0 Å². The molecular formula is C15H14ClNO3. The number of carboxylic acids is 1. The van der Waals surface area contributed by atoms with Crippen LogP contribution in [0.3, 0.4) is 0 Å². The number of nitrogens with one attached hydrogen (secondary N) is 1. The first-order valence-corrected chi connectivity index (χ1v) is 6.45. The molecule has 5 heteroatoms. The second kappa shape index (κ2) is 6.30. The smallest absolute Gasteiger partial charge is 0.325 e. The molecule has 2 aromatic carbocycles. The van der Waals surface area contributed by atoms with Gasteiger partial charge in [0.2, 0.25) is 0 Å². The van der Waals surface area contributed by atoms with E-state index < -0.39 is 12.0 Å². The highest BCUT2D eigenvalue weighted by atomic mass is 35.5. The van der Waals surface area contributed by atoms with E-state index in [1.54, 1.807) is 55.5 Å². The van der Waals surface area contributed by atoms with Crippen LogP contribution in [0.25, 0.3) is 0 Å². The third-order valence-electron chi connectivity index (χ3n) is 2.66. The fourth-order valence-corrected chi connectivity index (χ4v) is 1.70. The van der Waals surface area contributed by atoms with Gasteiger partial charge in [0.1, 0.15) is 17.5 Å². The Hall–Kier alpha value is -2.20. The number of anilines is 1. The summed E-state index contributed by atoms with van der Waals surface area (Å²) in [5.74, 6) is 0.460. The van der Waals surface area contributed by atoms with Crippen molar-refractivity contribution in [3.8, 4) is 11.5 Å². The van der Waals surface area contributed by atoms with E-state index >= 15 is 0 Å². The number of halogens is 1. The Balaban J connectivity index is 2.01. The first kappa shape index (κ1) is 14.2. The van der Waals surface area contributed by atoms with Crippen LogP contribution in [-0.4, -0.2) is 17.1 Å². The van der Waals surface area contributed by atoms with E-state index in [0.717, 1.165) is 5.69 Å². The molecule has 0 heterocycles. The molecule has 0 saturated heterocycles. The molecule has 2 rings (SSSR count). The minimum atomic E-state index is -0.897. The summed E-state index contributed by atoms with van der Waals surface area (Å²) in [6.07, 6.45) is 0. The summed E-state index contributed by atoms with van der Waals surface area (Å²) >= 11 is 5.80. The summed E-state index contributed by atoms with van der Waals surface area (Å²) in [5, 5.41) is 12.3. The molecule has 2 N–H and O–H groups in total. The van der Waals surface area contributed by atoms with Gasteiger partial charge in [-0.2, -0.15) is 0 Å². The van der Waals surface area contributed by atoms with Crippen molar-refractivity contribution in [3.63, 3.8) is 0 Å². The Morgan fingerprint density at radius 3 is 2.10 bits per heavy atom. The highest BCUT2D eigenvalue weighted by molar-refractivity contribution is 6.30. The van der Waals surface area contributed by atoms with Gasteiger partial charge >= 0.3 is 5.97 Å². The first-order valence-electron chi connectivity index (χ1n) is 6.07. The Bertz CT molecular complexity index is 581. The number of ether oxygens (including phenoxy) is 1. The molecule has 20 heavy (non-hydrogen) atoms. The predicted molar refractivity (Wildman–Crippen MR) is 78.7 cm³/mol. The van der Waals surface area contributed by atoms with E-state index in [-0.39, 0.29) is 0 Å². The molecule has 0 fully saturated rings. The number of hydrogen-bond donors (Lipinski definition) is 2. The van der Waals surface area contributed by atoms with Crippen LogP contribution in [0.2, 0.25) is 5.02 Å². The van der Waals surface area contributed by atoms with Crippen LogP contribution in [0.5, 0.6) is 11.5 Å². The zero-order valence-corrected chi connectivity index (χ0v) is 11.6. The quantitative estimate of drug-likeness (QED) is 0.873. The fourth-order valence-electron chi connectivity index (χ4n) is 1.57. The Morgan fingerprint density at radius 1 is 1.10 bits per heavy atom. The van der Waals surface area contributed by atoms with Crippen molar-refractivity contribution in [1.29, 1.82) is 0 Å². The van der Waals surface area contributed by atoms with E-state index in [9.17, 15) is 4.79 Å². The predicted octanol–water partition coefficient (Wildman–Crippen LogP) is 4.02. The molecular weight excluding hydrogens is 278 g/mol. The minimum absolute atomic E-state index is 0.641. The van der Waals surface area contributed by atoms with Gasteiger partial charge in [0.15, 0.2) is 0 Å². The second-order valence-corrected chi connectivity index (χ2v) is 4.72. The monoisotopic (exact) mass is 291 g/mol. The molecule has 2 aromatic rings. The lowest BCUT2D eigenvalue weighted by Crippen LogP contribution is -2.25. The number of benzene rings is 2. The van der Waals surface area contributed by atoms with Crippen LogP contribution in [0.4, 0.5) is 5.69 Å². The maximum atomic E-state index is 10.7. The van der Waals surface area contributed by atoms with Crippen molar-refractivity contribution in [2.75, 3.05) is 5.32 Å². The molecule has 0 aliphatic heterocycles. The molecule has 0 aromatic heterocycles. The summed E-state index contributed by atoms with van der Waals surface area (Å²) < 4.78 is 5.64. The van der Waals surface area contributed by atoms with Gasteiger partial charge < -0.3 is 15.2 Å². The van der Waals surface area contributed by atoms with Crippen molar-refractivity contribution in [2.45, 2.75) is 13.0 Å². The molecule has 0 amide bonds. The van der Waals surface area contributed by atoms with Gasteiger partial charge in [-0.05, 0) is 55.5 Å². The standard InChI is InChI=1S/C15H14ClNO3/c1-10(15(18)19)17-12-4-8-14(9-5-12)20-13-6-2-11(16)3-7-13/h2-10,17H,1H3,(H,18,19). The average Bonchev–Trinajstić information content (AvgIpc) is 2.43. The maximum absolute atomic E-state index is 10.7. The molecule has 0 bridgehead atoms. The lowest BCUT2D eigenvalue weighted by atomic mass is 10.2. The fraction of sp³-hybridized carbons (Fsp3) is 0.133. The summed E-state index contributed by atoms with van der Waals surface area (Å²) in [6, 6.07) is 13.5. The van der Waals surface area contributed by atoms with E-state index in [4.69, 9.17) is 21.4 Å². The van der Waals surface area contributed by atoms with E-state index in [1.165, 1.54) is 0 Å². The van der Waals surface area contributed by atoms with Crippen molar-refractivity contribution < 1.29 is 14.6 Å². The molecule has 0 aliphatic carbocycles. The van der Waals surface area contributed by atoms with Gasteiger partial charge in [0, 0.05) is 10.7 Å². The number of carbonyl (C=O) groups is 1. The largest absolute Gasteiger partial charge is 0.480 e. The van der Waals surface area contributed by atoms with Gasteiger partial charge in [0.25, 0.3) is 0 Å². The van der Waals surface area contributed by atoms with Crippen LogP contribution < -0.4 is 10.1 Å². The van der Waals surface area contributed by atoms with E-state index in [2.05, 4.69) is 5.32 Å². The molecule has 1 unspecified atom stereocenters. The van der Waals surface area contributed by atoms with Gasteiger partial charge in [0.05, 0.1) is 0 Å². The third kappa shape index (κ3) is 3.90. The number of hydrogen-bond acceptors (Lipinski definition) is 3. The third-order valence-corrected chi connectivity index (χ3v) is 2.91.